The van der Waals surface area contributed by atoms with Gasteiger partial charge in [-0.3, -0.25) is 15.1 Å². The summed E-state index contributed by atoms with van der Waals surface area (Å²) < 4.78 is 0. The average Bonchev–Trinajstić information content (AvgIpc) is 3.48. The number of aromatic amines is 2. The van der Waals surface area contributed by atoms with Crippen LogP contribution in [0.15, 0.2) is 73.5 Å². The van der Waals surface area contributed by atoms with E-state index in [2.05, 4.69) is 71.6 Å². The highest BCUT2D eigenvalue weighted by molar-refractivity contribution is 5.93. The fourth-order valence-corrected chi connectivity index (χ4v) is 4.55. The number of nitrogens with zero attached hydrogens (tertiary/aromatic N) is 5. The second-order valence-corrected chi connectivity index (χ2v) is 8.32. The molecule has 0 spiro atoms. The van der Waals surface area contributed by atoms with Gasteiger partial charge in [-0.2, -0.15) is 5.10 Å². The highest BCUT2D eigenvalue weighted by Crippen LogP contribution is 2.37. The van der Waals surface area contributed by atoms with Gasteiger partial charge in [0.2, 0.25) is 0 Å². The number of hydrogen-bond donors (Lipinski definition) is 3. The van der Waals surface area contributed by atoms with Crippen LogP contribution in [0, 0.1) is 0 Å². The summed E-state index contributed by atoms with van der Waals surface area (Å²) in [4.78, 5) is 21.3. The lowest BCUT2D eigenvalue weighted by atomic mass is 9.73. The monoisotopic (exact) mass is 434 g/mol. The largest absolute Gasteiger partial charge is 0.335 e. The maximum atomic E-state index is 5.97. The molecule has 0 fully saturated rings. The van der Waals surface area contributed by atoms with Crippen molar-refractivity contribution in [2.75, 3.05) is 6.54 Å². The molecule has 1 unspecified atom stereocenters. The van der Waals surface area contributed by atoms with Crippen molar-refractivity contribution < 1.29 is 0 Å². The van der Waals surface area contributed by atoms with Gasteiger partial charge in [0, 0.05) is 41.3 Å². The van der Waals surface area contributed by atoms with Crippen LogP contribution in [0.25, 0.3) is 44.7 Å². The van der Waals surface area contributed by atoms with Crippen molar-refractivity contribution in [1.82, 2.24) is 35.1 Å². The molecule has 5 aromatic heterocycles. The van der Waals surface area contributed by atoms with E-state index in [0.717, 1.165) is 51.6 Å². The van der Waals surface area contributed by atoms with E-state index in [1.165, 1.54) is 0 Å². The van der Waals surface area contributed by atoms with Gasteiger partial charge in [-0.25, -0.2) is 9.97 Å². The number of H-pyrrole nitrogens is 2. The zero-order valence-corrected chi connectivity index (χ0v) is 17.9. The van der Waals surface area contributed by atoms with E-state index in [4.69, 9.17) is 5.73 Å². The first-order valence-corrected chi connectivity index (χ1v) is 10.9. The zero-order chi connectivity index (χ0) is 22.3. The third-order valence-electron chi connectivity index (χ3n) is 6.31. The summed E-state index contributed by atoms with van der Waals surface area (Å²) in [5.41, 5.74) is 12.1. The molecule has 8 heteroatoms. The normalized spacial score (nSPS) is 17.8. The number of hydrogen-bond acceptors (Lipinski definition) is 6. The van der Waals surface area contributed by atoms with Gasteiger partial charge in [0.15, 0.2) is 11.5 Å². The highest BCUT2D eigenvalue weighted by atomic mass is 15.2. The first kappa shape index (κ1) is 19.5. The molecule has 5 heterocycles. The van der Waals surface area contributed by atoms with Crippen molar-refractivity contribution in [3.63, 3.8) is 0 Å². The molecule has 0 amide bonds. The minimum atomic E-state index is -0.132. The van der Waals surface area contributed by atoms with Crippen LogP contribution in [0.3, 0.4) is 0 Å². The summed E-state index contributed by atoms with van der Waals surface area (Å²) in [7, 11) is 0. The first-order chi connectivity index (χ1) is 16.3. The van der Waals surface area contributed by atoms with Crippen LogP contribution in [-0.4, -0.2) is 41.7 Å². The molecule has 0 radical (unpaired) electrons. The molecule has 33 heavy (non-hydrogen) atoms. The molecule has 1 aliphatic rings. The zero-order valence-electron chi connectivity index (χ0n) is 17.9. The number of aromatic nitrogens is 7. The number of allylic oxidation sites excluding steroid dienone is 4. The van der Waals surface area contributed by atoms with Crippen LogP contribution in [0.5, 0.6) is 0 Å². The SMILES string of the molecule is NCCC1(c2cncc(-c3cnc4n[nH]c(-c5nc6ccncc6[nH]5)c4c3)c2)C=CC=CC1. The standard InChI is InChI=1S/C25H22N8/c26-8-7-25(5-2-1-3-6-25)18-10-16(12-28-14-18)17-11-19-22(32-33-23(19)29-13-17)24-30-20-4-9-27-15-21(20)31-24/h1-5,9-15H,6-8,26H2,(H,30,31)(H,29,32,33). The Kier molecular flexibility index (Phi) is 4.58. The van der Waals surface area contributed by atoms with E-state index < -0.39 is 0 Å². The maximum Gasteiger partial charge on any atom is 0.181 e. The van der Waals surface area contributed by atoms with Gasteiger partial charge >= 0.3 is 0 Å². The molecule has 1 atom stereocenters. The first-order valence-electron chi connectivity index (χ1n) is 10.9. The fourth-order valence-electron chi connectivity index (χ4n) is 4.55. The Morgan fingerprint density at radius 3 is 2.82 bits per heavy atom. The third-order valence-corrected chi connectivity index (χ3v) is 6.31. The number of rotatable bonds is 5. The second-order valence-electron chi connectivity index (χ2n) is 8.32. The van der Waals surface area contributed by atoms with Gasteiger partial charge in [0.1, 0.15) is 5.69 Å². The summed E-state index contributed by atoms with van der Waals surface area (Å²) in [6, 6.07) is 6.15. The van der Waals surface area contributed by atoms with E-state index >= 15 is 0 Å². The molecule has 0 aromatic carbocycles. The lowest BCUT2D eigenvalue weighted by Crippen LogP contribution is -2.27. The molecule has 0 saturated carbocycles. The molecule has 6 rings (SSSR count). The average molecular weight is 435 g/mol. The molecular formula is C25H22N8. The lowest BCUT2D eigenvalue weighted by Gasteiger charge is -2.31. The predicted octanol–water partition coefficient (Wildman–Crippen LogP) is 4.06. The highest BCUT2D eigenvalue weighted by Gasteiger charge is 2.29. The number of nitrogens with one attached hydrogen (secondary N) is 2. The number of nitrogens with two attached hydrogens (primary N) is 1. The molecule has 5 aromatic rings. The van der Waals surface area contributed by atoms with Crippen molar-refractivity contribution in [3.8, 4) is 22.6 Å². The fraction of sp³-hybridized carbons (Fsp3) is 0.160. The Balaban J connectivity index is 1.44. The van der Waals surface area contributed by atoms with Crippen molar-refractivity contribution in [2.24, 2.45) is 5.73 Å². The van der Waals surface area contributed by atoms with Crippen molar-refractivity contribution in [3.05, 3.63) is 79.1 Å². The Bertz CT molecular complexity index is 1490. The Hall–Kier alpha value is -4.17. The number of imidazole rings is 1. The van der Waals surface area contributed by atoms with E-state index in [0.29, 0.717) is 18.0 Å². The van der Waals surface area contributed by atoms with Crippen molar-refractivity contribution in [1.29, 1.82) is 0 Å². The van der Waals surface area contributed by atoms with E-state index in [1.54, 1.807) is 12.4 Å². The lowest BCUT2D eigenvalue weighted by molar-refractivity contribution is 0.498. The molecular weight excluding hydrogens is 412 g/mol. The maximum absolute atomic E-state index is 5.97. The van der Waals surface area contributed by atoms with E-state index in [1.807, 2.05) is 24.7 Å². The van der Waals surface area contributed by atoms with Gasteiger partial charge in [-0.05, 0) is 43.1 Å². The van der Waals surface area contributed by atoms with Crippen LogP contribution in [-0.2, 0) is 5.41 Å². The van der Waals surface area contributed by atoms with E-state index in [9.17, 15) is 0 Å². The summed E-state index contributed by atoms with van der Waals surface area (Å²) in [6.45, 7) is 0.612. The molecule has 0 aliphatic heterocycles. The van der Waals surface area contributed by atoms with Crippen LogP contribution in [0.2, 0.25) is 0 Å². The van der Waals surface area contributed by atoms with Gasteiger partial charge in [-0.15, -0.1) is 0 Å². The van der Waals surface area contributed by atoms with Gasteiger partial charge in [0.25, 0.3) is 0 Å². The summed E-state index contributed by atoms with van der Waals surface area (Å²) >= 11 is 0. The summed E-state index contributed by atoms with van der Waals surface area (Å²) in [5, 5.41) is 8.34. The molecule has 162 valence electrons. The van der Waals surface area contributed by atoms with Crippen LogP contribution in [0.1, 0.15) is 18.4 Å². The minimum absolute atomic E-state index is 0.132. The minimum Gasteiger partial charge on any atom is -0.335 e. The quantitative estimate of drug-likeness (QED) is 0.383. The molecule has 4 N–H and O–H groups in total. The topological polar surface area (TPSA) is 122 Å². The van der Waals surface area contributed by atoms with Crippen LogP contribution >= 0.6 is 0 Å². The van der Waals surface area contributed by atoms with Gasteiger partial charge < -0.3 is 10.7 Å². The summed E-state index contributed by atoms with van der Waals surface area (Å²) in [6.07, 6.45) is 19.5. The van der Waals surface area contributed by atoms with Gasteiger partial charge in [0.05, 0.1) is 22.6 Å². The van der Waals surface area contributed by atoms with Crippen LogP contribution < -0.4 is 5.73 Å². The molecule has 1 aliphatic carbocycles. The van der Waals surface area contributed by atoms with Crippen molar-refractivity contribution >= 4 is 22.1 Å². The van der Waals surface area contributed by atoms with Gasteiger partial charge in [-0.1, -0.05) is 24.3 Å². The second kappa shape index (κ2) is 7.75. The molecule has 0 saturated heterocycles. The molecule has 8 nitrogen and oxygen atoms in total. The predicted molar refractivity (Wildman–Crippen MR) is 128 cm³/mol. The summed E-state index contributed by atoms with van der Waals surface area (Å²) in [5.74, 6) is 0.701. The molecule has 0 bridgehead atoms. The number of pyridine rings is 3. The Morgan fingerprint density at radius 1 is 1.03 bits per heavy atom. The Labute approximate surface area is 189 Å². The Morgan fingerprint density at radius 2 is 1.97 bits per heavy atom. The number of fused-ring (bicyclic) bond motifs is 2. The third kappa shape index (κ3) is 3.32. The smallest absolute Gasteiger partial charge is 0.181 e. The van der Waals surface area contributed by atoms with Crippen LogP contribution in [0.4, 0.5) is 0 Å². The van der Waals surface area contributed by atoms with Crippen molar-refractivity contribution in [2.45, 2.75) is 18.3 Å². The van der Waals surface area contributed by atoms with E-state index in [-0.39, 0.29) is 5.41 Å².